The number of hydrogen-bond donors (Lipinski definition) is 0. The van der Waals surface area contributed by atoms with Gasteiger partial charge in [0.05, 0.1) is 22.3 Å². The van der Waals surface area contributed by atoms with Crippen molar-refractivity contribution in [2.75, 3.05) is 0 Å². The maximum Gasteiger partial charge on any atom is 0.586 e. The van der Waals surface area contributed by atoms with Gasteiger partial charge in [0, 0.05) is 11.1 Å². The molecule has 22 heteroatoms. The molecule has 0 aromatic heterocycles. The Labute approximate surface area is 351 Å². The van der Waals surface area contributed by atoms with Gasteiger partial charge < -0.3 is 18.9 Å². The molecule has 0 unspecified atom stereocenters. The van der Waals surface area contributed by atoms with Gasteiger partial charge in [0.15, 0.2) is 23.0 Å². The van der Waals surface area contributed by atoms with E-state index in [0.29, 0.717) is 48.5 Å². The van der Waals surface area contributed by atoms with Crippen molar-refractivity contribution in [1.29, 1.82) is 0 Å². The normalized spacial score (nSPS) is 15.6. The van der Waals surface area contributed by atoms with Crippen molar-refractivity contribution in [3.05, 3.63) is 144 Å². The Morgan fingerprint density at radius 3 is 0.766 bits per heavy atom. The predicted molar refractivity (Wildman–Crippen MR) is 202 cm³/mol. The zero-order chi connectivity index (χ0) is 46.4. The van der Waals surface area contributed by atoms with Crippen LogP contribution in [0.2, 0.25) is 0 Å². The topological polar surface area (TPSA) is 36.9 Å². The average molecular weight is 955 g/mol. The Morgan fingerprint density at radius 1 is 0.312 bits per heavy atom. The number of halogens is 16. The van der Waals surface area contributed by atoms with Gasteiger partial charge in [-0.2, -0.15) is 52.7 Å². The summed E-state index contributed by atoms with van der Waals surface area (Å²) in [6.07, 6.45) is -28.5. The summed E-state index contributed by atoms with van der Waals surface area (Å²) in [6, 6.07) is 16.7. The Hall–Kier alpha value is -5.74. The van der Waals surface area contributed by atoms with E-state index in [-0.39, 0.29) is 31.8 Å². The van der Waals surface area contributed by atoms with Crippen LogP contribution in [0.25, 0.3) is 11.1 Å². The zero-order valence-electron chi connectivity index (χ0n) is 31.1. The molecule has 0 saturated heterocycles. The van der Waals surface area contributed by atoms with E-state index in [2.05, 4.69) is 0 Å². The van der Waals surface area contributed by atoms with Crippen LogP contribution in [-0.2, 0) is 24.7 Å². The minimum Gasteiger partial charge on any atom is -0.395 e. The Kier molecular flexibility index (Phi) is 10.8. The molecule has 6 aromatic carbocycles. The standard InChI is InChI=1S/C42H20F16O4P2/c43-37(44,45)21-1-9-25(10-2-21)63(26-11-3-22(4-12-26)38(46,47)48)31-19-17-29-35(61-41(55,56)59-29)33(31)34-32(20-18-30-36(34)62-42(57,58)60-30)64(27-13-5-23(6-14-27)39(49,50)51)28-15-7-24(8-16-28)40(52,53)54/h1-20H. The molecule has 0 spiro atoms. The Morgan fingerprint density at radius 2 is 0.547 bits per heavy atom. The molecule has 8 rings (SSSR count). The molecule has 6 aromatic rings. The fourth-order valence-corrected chi connectivity index (χ4v) is 11.7. The maximum atomic E-state index is 15.2. The van der Waals surface area contributed by atoms with E-state index in [1.165, 1.54) is 0 Å². The van der Waals surface area contributed by atoms with Crippen molar-refractivity contribution >= 4 is 47.7 Å². The summed E-state index contributed by atoms with van der Waals surface area (Å²) >= 11 is 0. The van der Waals surface area contributed by atoms with Gasteiger partial charge in [0.25, 0.3) is 0 Å². The van der Waals surface area contributed by atoms with Gasteiger partial charge in [0.1, 0.15) is 0 Å². The molecule has 334 valence electrons. The summed E-state index contributed by atoms with van der Waals surface area (Å²) in [6.45, 7) is 0. The fraction of sp³-hybridized carbons (Fsp3) is 0.143. The molecule has 0 saturated carbocycles. The molecule has 0 amide bonds. The second kappa shape index (κ2) is 15.5. The van der Waals surface area contributed by atoms with E-state index in [1.54, 1.807) is 0 Å². The molecule has 2 aliphatic rings. The number of fused-ring (bicyclic) bond motifs is 2. The van der Waals surface area contributed by atoms with Gasteiger partial charge in [-0.05, 0) is 120 Å². The van der Waals surface area contributed by atoms with Crippen LogP contribution in [0, 0.1) is 0 Å². The molecule has 2 heterocycles. The van der Waals surface area contributed by atoms with E-state index in [9.17, 15) is 52.7 Å². The molecule has 0 aliphatic carbocycles. The van der Waals surface area contributed by atoms with E-state index in [0.717, 1.165) is 72.8 Å². The van der Waals surface area contributed by atoms with Crippen molar-refractivity contribution < 1.29 is 89.2 Å². The fourth-order valence-electron chi connectivity index (χ4n) is 6.91. The second-order valence-electron chi connectivity index (χ2n) is 13.8. The maximum absolute atomic E-state index is 15.2. The molecule has 0 N–H and O–H groups in total. The molecular formula is C42H20F16O4P2. The lowest BCUT2D eigenvalue weighted by molar-refractivity contribution is -0.287. The summed E-state index contributed by atoms with van der Waals surface area (Å²) in [5.41, 5.74) is -5.92. The first-order chi connectivity index (χ1) is 29.7. The van der Waals surface area contributed by atoms with Crippen LogP contribution in [0.15, 0.2) is 121 Å². The van der Waals surface area contributed by atoms with Gasteiger partial charge in [-0.1, -0.05) is 48.5 Å². The summed E-state index contributed by atoms with van der Waals surface area (Å²) < 4.78 is 245. The lowest BCUT2D eigenvalue weighted by Gasteiger charge is -2.28. The summed E-state index contributed by atoms with van der Waals surface area (Å²) in [5, 5.41) is -0.813. The average Bonchev–Trinajstić information content (AvgIpc) is 3.70. The molecule has 64 heavy (non-hydrogen) atoms. The minimum absolute atomic E-state index is 0.0704. The van der Waals surface area contributed by atoms with E-state index < -0.39 is 110 Å². The van der Waals surface area contributed by atoms with Crippen molar-refractivity contribution in [2.45, 2.75) is 37.3 Å². The molecule has 0 fully saturated rings. The number of hydrogen-bond acceptors (Lipinski definition) is 4. The number of alkyl halides is 16. The number of rotatable bonds is 7. The minimum atomic E-state index is -4.89. The third-order valence-corrected chi connectivity index (χ3v) is 14.6. The van der Waals surface area contributed by atoms with E-state index >= 15 is 17.6 Å². The third kappa shape index (κ3) is 8.73. The molecule has 0 bridgehead atoms. The Balaban J connectivity index is 1.47. The first-order valence-electron chi connectivity index (χ1n) is 17.9. The smallest absolute Gasteiger partial charge is 0.395 e. The van der Waals surface area contributed by atoms with Crippen LogP contribution < -0.4 is 50.8 Å². The molecule has 0 radical (unpaired) electrons. The van der Waals surface area contributed by atoms with Gasteiger partial charge in [-0.25, -0.2) is 0 Å². The second-order valence-corrected chi connectivity index (χ2v) is 18.1. The van der Waals surface area contributed by atoms with Crippen molar-refractivity contribution in [1.82, 2.24) is 0 Å². The van der Waals surface area contributed by atoms with Crippen molar-refractivity contribution in [3.63, 3.8) is 0 Å². The highest BCUT2D eigenvalue weighted by Gasteiger charge is 2.50. The van der Waals surface area contributed by atoms with Crippen molar-refractivity contribution in [2.24, 2.45) is 0 Å². The number of benzene rings is 6. The van der Waals surface area contributed by atoms with Gasteiger partial charge in [0.2, 0.25) is 0 Å². The molecule has 2 aliphatic heterocycles. The summed E-state index contributed by atoms with van der Waals surface area (Å²) in [5.74, 6) is -3.36. The number of ether oxygens (including phenoxy) is 4. The lowest BCUT2D eigenvalue weighted by atomic mass is 10.0. The summed E-state index contributed by atoms with van der Waals surface area (Å²) in [7, 11) is -5.14. The monoisotopic (exact) mass is 954 g/mol. The van der Waals surface area contributed by atoms with Crippen LogP contribution >= 0.6 is 15.8 Å². The SMILES string of the molecule is FC1(F)Oc2ccc(P(c3ccc(C(F)(F)F)cc3)c3ccc(C(F)(F)F)cc3)c(-c3c(P(c4ccc(C(F)(F)F)cc4)c4ccc(C(F)(F)F)cc4)ccc4c3OC(F)(F)O4)c2O1. The molecule has 4 nitrogen and oxygen atoms in total. The van der Waals surface area contributed by atoms with E-state index in [1.807, 2.05) is 0 Å². The van der Waals surface area contributed by atoms with Gasteiger partial charge in [-0.15, -0.1) is 17.6 Å². The highest BCUT2D eigenvalue weighted by molar-refractivity contribution is 7.80. The first kappa shape index (κ1) is 44.9. The summed E-state index contributed by atoms with van der Waals surface area (Å²) in [4.78, 5) is 0. The Bertz CT molecular complexity index is 2410. The van der Waals surface area contributed by atoms with Gasteiger partial charge >= 0.3 is 37.3 Å². The van der Waals surface area contributed by atoms with Crippen molar-refractivity contribution in [3.8, 4) is 34.1 Å². The van der Waals surface area contributed by atoms with Crippen LogP contribution in [0.1, 0.15) is 22.3 Å². The largest absolute Gasteiger partial charge is 0.586 e. The van der Waals surface area contributed by atoms with Crippen LogP contribution in [-0.4, -0.2) is 12.6 Å². The third-order valence-electron chi connectivity index (χ3n) is 9.64. The quantitative estimate of drug-likeness (QED) is 0.118. The lowest BCUT2D eigenvalue weighted by Crippen LogP contribution is -2.28. The first-order valence-corrected chi connectivity index (χ1v) is 20.5. The zero-order valence-corrected chi connectivity index (χ0v) is 32.9. The highest BCUT2D eigenvalue weighted by Crippen LogP contribution is 2.57. The molecular weight excluding hydrogens is 934 g/mol. The van der Waals surface area contributed by atoms with Gasteiger partial charge in [-0.3, -0.25) is 0 Å². The van der Waals surface area contributed by atoms with Crippen LogP contribution in [0.4, 0.5) is 70.2 Å². The van der Waals surface area contributed by atoms with Crippen LogP contribution in [0.5, 0.6) is 23.0 Å². The molecule has 0 atom stereocenters. The van der Waals surface area contributed by atoms with Crippen LogP contribution in [0.3, 0.4) is 0 Å². The highest BCUT2D eigenvalue weighted by atomic mass is 31.1. The van der Waals surface area contributed by atoms with E-state index in [4.69, 9.17) is 18.9 Å². The predicted octanol–water partition coefficient (Wildman–Crippen LogP) is 11.6.